The van der Waals surface area contributed by atoms with Gasteiger partial charge in [0.25, 0.3) is 0 Å². The smallest absolute Gasteiger partial charge is 0.336 e. The van der Waals surface area contributed by atoms with E-state index in [1.165, 1.54) is 12.1 Å². The maximum Gasteiger partial charge on any atom is 0.336 e. The molecule has 118 valence electrons. The third kappa shape index (κ3) is 4.52. The van der Waals surface area contributed by atoms with Crippen LogP contribution in [0.15, 0.2) is 21.5 Å². The van der Waals surface area contributed by atoms with Crippen molar-refractivity contribution in [3.8, 4) is 0 Å². The fourth-order valence-electron chi connectivity index (χ4n) is 2.01. The number of carbonyl (C=O) groups is 1. The Morgan fingerprint density at radius 3 is 2.48 bits per heavy atom. The molecule has 5 nitrogen and oxygen atoms in total. The normalized spacial score (nSPS) is 13.1. The first-order valence-electron chi connectivity index (χ1n) is 6.78. The van der Waals surface area contributed by atoms with E-state index in [4.69, 9.17) is 5.11 Å². The Kier molecular flexibility index (Phi) is 6.37. The molecule has 0 aliphatic carbocycles. The van der Waals surface area contributed by atoms with Gasteiger partial charge in [0.05, 0.1) is 10.5 Å². The Balaban J connectivity index is 3.23. The van der Waals surface area contributed by atoms with Gasteiger partial charge in [-0.1, -0.05) is 36.2 Å². The number of aromatic carboxylic acids is 1. The molecule has 0 radical (unpaired) electrons. The summed E-state index contributed by atoms with van der Waals surface area (Å²) in [7, 11) is -3.73. The molecule has 0 heterocycles. The summed E-state index contributed by atoms with van der Waals surface area (Å²) in [5, 5.41) is 9.16. The van der Waals surface area contributed by atoms with Crippen LogP contribution in [0.2, 0.25) is 0 Å². The van der Waals surface area contributed by atoms with Crippen molar-refractivity contribution in [2.75, 3.05) is 0 Å². The van der Waals surface area contributed by atoms with Crippen molar-refractivity contribution in [2.24, 2.45) is 0 Å². The van der Waals surface area contributed by atoms with E-state index in [-0.39, 0.29) is 16.5 Å². The maximum atomic E-state index is 12.4. The molecule has 0 saturated heterocycles. The van der Waals surface area contributed by atoms with Crippen LogP contribution in [-0.4, -0.2) is 25.5 Å². The minimum absolute atomic E-state index is 0.0201. The van der Waals surface area contributed by atoms with E-state index < -0.39 is 16.0 Å². The zero-order valence-electron chi connectivity index (χ0n) is 12.3. The summed E-state index contributed by atoms with van der Waals surface area (Å²) in [4.78, 5) is 11.2. The SMILES string of the molecule is CCCC(CC)NS(=O)(=O)c1cc(Br)c(C)c(C(=O)O)c1. The van der Waals surface area contributed by atoms with Gasteiger partial charge in [0.2, 0.25) is 10.0 Å². The fraction of sp³-hybridized carbons (Fsp3) is 0.500. The van der Waals surface area contributed by atoms with Gasteiger partial charge < -0.3 is 5.11 Å². The number of benzene rings is 1. The molecule has 0 saturated carbocycles. The maximum absolute atomic E-state index is 12.4. The van der Waals surface area contributed by atoms with Crippen molar-refractivity contribution in [3.63, 3.8) is 0 Å². The molecule has 0 fully saturated rings. The standard InChI is InChI=1S/C14H20BrNO4S/c1-4-6-10(5-2)16-21(19,20)11-7-12(14(17)18)9(3)13(15)8-11/h7-8,10,16H,4-6H2,1-3H3,(H,17,18). The summed E-state index contributed by atoms with van der Waals surface area (Å²) < 4.78 is 27.9. The monoisotopic (exact) mass is 377 g/mol. The third-order valence-corrected chi connectivity index (χ3v) is 5.63. The molecule has 0 aliphatic rings. The average molecular weight is 378 g/mol. The van der Waals surface area contributed by atoms with Crippen molar-refractivity contribution < 1.29 is 18.3 Å². The highest BCUT2D eigenvalue weighted by atomic mass is 79.9. The Hall–Kier alpha value is -0.920. The van der Waals surface area contributed by atoms with Gasteiger partial charge in [-0.3, -0.25) is 0 Å². The fourth-order valence-corrected chi connectivity index (χ4v) is 4.03. The summed E-state index contributed by atoms with van der Waals surface area (Å²) >= 11 is 3.22. The third-order valence-electron chi connectivity index (χ3n) is 3.31. The molecule has 0 amide bonds. The van der Waals surface area contributed by atoms with Crippen LogP contribution < -0.4 is 4.72 Å². The topological polar surface area (TPSA) is 83.5 Å². The largest absolute Gasteiger partial charge is 0.478 e. The van der Waals surface area contributed by atoms with Gasteiger partial charge in [-0.2, -0.15) is 0 Å². The second-order valence-electron chi connectivity index (χ2n) is 4.90. The number of carboxylic acids is 1. The van der Waals surface area contributed by atoms with E-state index in [0.717, 1.165) is 12.8 Å². The van der Waals surface area contributed by atoms with Crippen LogP contribution >= 0.6 is 15.9 Å². The molecule has 1 aromatic rings. The lowest BCUT2D eigenvalue weighted by molar-refractivity contribution is 0.0695. The average Bonchev–Trinajstić information content (AvgIpc) is 2.40. The molecule has 1 unspecified atom stereocenters. The van der Waals surface area contributed by atoms with Crippen molar-refractivity contribution in [3.05, 3.63) is 27.7 Å². The summed E-state index contributed by atoms with van der Waals surface area (Å²) in [6, 6.07) is 2.49. The highest BCUT2D eigenvalue weighted by molar-refractivity contribution is 9.10. The molecule has 21 heavy (non-hydrogen) atoms. The Bertz CT molecular complexity index is 628. The van der Waals surface area contributed by atoms with Gasteiger partial charge in [-0.25, -0.2) is 17.9 Å². The molecular weight excluding hydrogens is 358 g/mol. The summed E-state index contributed by atoms with van der Waals surface area (Å²) in [6.45, 7) is 5.53. The van der Waals surface area contributed by atoms with E-state index >= 15 is 0 Å². The predicted octanol–water partition coefficient (Wildman–Crippen LogP) is 3.31. The molecule has 1 aromatic carbocycles. The number of rotatable bonds is 7. The number of hydrogen-bond donors (Lipinski definition) is 2. The molecule has 1 atom stereocenters. The first kappa shape index (κ1) is 18.1. The number of carboxylic acid groups (broad SMARTS) is 1. The molecule has 0 aliphatic heterocycles. The number of hydrogen-bond acceptors (Lipinski definition) is 3. The second kappa shape index (κ2) is 7.38. The first-order chi connectivity index (χ1) is 9.72. The molecule has 0 spiro atoms. The minimum atomic E-state index is -3.73. The molecule has 0 aromatic heterocycles. The number of halogens is 1. The number of sulfonamides is 1. The van der Waals surface area contributed by atoms with Crippen LogP contribution in [0.3, 0.4) is 0 Å². The van der Waals surface area contributed by atoms with E-state index in [9.17, 15) is 13.2 Å². The molecule has 0 bridgehead atoms. The molecule has 7 heteroatoms. The van der Waals surface area contributed by atoms with E-state index in [1.807, 2.05) is 13.8 Å². The second-order valence-corrected chi connectivity index (χ2v) is 7.47. The van der Waals surface area contributed by atoms with Gasteiger partial charge in [-0.15, -0.1) is 0 Å². The van der Waals surface area contributed by atoms with E-state index in [1.54, 1.807) is 6.92 Å². The van der Waals surface area contributed by atoms with Gasteiger partial charge in [0.1, 0.15) is 0 Å². The lowest BCUT2D eigenvalue weighted by atomic mass is 10.1. The Morgan fingerprint density at radius 1 is 1.38 bits per heavy atom. The molecule has 2 N–H and O–H groups in total. The van der Waals surface area contributed by atoms with Crippen molar-refractivity contribution in [2.45, 2.75) is 51.0 Å². The van der Waals surface area contributed by atoms with Crippen molar-refractivity contribution in [1.29, 1.82) is 0 Å². The molecular formula is C14H20BrNO4S. The van der Waals surface area contributed by atoms with Crippen LogP contribution in [0, 0.1) is 6.92 Å². The zero-order chi connectivity index (χ0) is 16.2. The van der Waals surface area contributed by atoms with Crippen molar-refractivity contribution >= 4 is 31.9 Å². The van der Waals surface area contributed by atoms with Gasteiger partial charge >= 0.3 is 5.97 Å². The first-order valence-corrected chi connectivity index (χ1v) is 9.06. The summed E-state index contributed by atoms with van der Waals surface area (Å²) in [5.74, 6) is -1.15. The van der Waals surface area contributed by atoms with Crippen LogP contribution in [0.1, 0.15) is 49.0 Å². The number of nitrogens with one attached hydrogen (secondary N) is 1. The quantitative estimate of drug-likeness (QED) is 0.763. The zero-order valence-corrected chi connectivity index (χ0v) is 14.7. The lowest BCUT2D eigenvalue weighted by Gasteiger charge is -2.17. The van der Waals surface area contributed by atoms with Gasteiger partial charge in [-0.05, 0) is 37.5 Å². The predicted molar refractivity (Wildman–Crippen MR) is 85.1 cm³/mol. The van der Waals surface area contributed by atoms with Crippen molar-refractivity contribution in [1.82, 2.24) is 4.72 Å². The Labute approximate surface area is 133 Å². The van der Waals surface area contributed by atoms with Crippen LogP contribution in [0.25, 0.3) is 0 Å². The van der Waals surface area contributed by atoms with Crippen LogP contribution in [0.5, 0.6) is 0 Å². The van der Waals surface area contributed by atoms with E-state index in [2.05, 4.69) is 20.7 Å². The van der Waals surface area contributed by atoms with Crippen LogP contribution in [0.4, 0.5) is 0 Å². The van der Waals surface area contributed by atoms with Crippen LogP contribution in [-0.2, 0) is 10.0 Å². The minimum Gasteiger partial charge on any atom is -0.478 e. The lowest BCUT2D eigenvalue weighted by Crippen LogP contribution is -2.34. The van der Waals surface area contributed by atoms with Gasteiger partial charge in [0.15, 0.2) is 0 Å². The Morgan fingerprint density at radius 2 is 2.00 bits per heavy atom. The van der Waals surface area contributed by atoms with E-state index in [0.29, 0.717) is 16.5 Å². The molecule has 1 rings (SSSR count). The highest BCUT2D eigenvalue weighted by Gasteiger charge is 2.22. The summed E-state index contributed by atoms with van der Waals surface area (Å²) in [6.07, 6.45) is 2.30. The highest BCUT2D eigenvalue weighted by Crippen LogP contribution is 2.25. The summed E-state index contributed by atoms with van der Waals surface area (Å²) in [5.41, 5.74) is 0.482. The van der Waals surface area contributed by atoms with Gasteiger partial charge in [0, 0.05) is 10.5 Å².